The van der Waals surface area contributed by atoms with E-state index in [1.807, 2.05) is 0 Å². The van der Waals surface area contributed by atoms with Gasteiger partial charge in [-0.2, -0.15) is 0 Å². The summed E-state index contributed by atoms with van der Waals surface area (Å²) < 4.78 is 17.0. The first-order valence-corrected chi connectivity index (χ1v) is 35.9. The molecule has 0 aromatic rings. The fraction of sp³-hybridized carbons (Fsp3) is 0.803. The van der Waals surface area contributed by atoms with E-state index in [0.29, 0.717) is 19.3 Å². The summed E-state index contributed by atoms with van der Waals surface area (Å²) in [4.78, 5) is 38.5. The molecular formula is C76H136O6. The summed E-state index contributed by atoms with van der Waals surface area (Å²) in [5.41, 5.74) is 0. The maximum Gasteiger partial charge on any atom is 0.306 e. The van der Waals surface area contributed by atoms with Gasteiger partial charge in [0.05, 0.1) is 0 Å². The number of rotatable bonds is 66. The summed E-state index contributed by atoms with van der Waals surface area (Å²) in [6, 6.07) is 0. The van der Waals surface area contributed by atoms with Gasteiger partial charge in [0.15, 0.2) is 6.10 Å². The van der Waals surface area contributed by atoms with Crippen molar-refractivity contribution in [1.82, 2.24) is 0 Å². The number of carbonyl (C=O) groups excluding carboxylic acids is 3. The molecule has 1 unspecified atom stereocenters. The smallest absolute Gasteiger partial charge is 0.306 e. The van der Waals surface area contributed by atoms with Crippen molar-refractivity contribution in [3.8, 4) is 0 Å². The van der Waals surface area contributed by atoms with Crippen LogP contribution in [0.1, 0.15) is 374 Å². The number of unbranched alkanes of at least 4 members (excludes halogenated alkanes) is 43. The molecule has 476 valence electrons. The molecule has 0 amide bonds. The van der Waals surface area contributed by atoms with Crippen molar-refractivity contribution in [1.29, 1.82) is 0 Å². The normalized spacial score (nSPS) is 12.5. The third kappa shape index (κ3) is 67.6. The summed E-state index contributed by atoms with van der Waals surface area (Å²) in [6.07, 6.45) is 92.0. The fourth-order valence-electron chi connectivity index (χ4n) is 10.5. The summed E-state index contributed by atoms with van der Waals surface area (Å²) in [5, 5.41) is 0. The van der Waals surface area contributed by atoms with Gasteiger partial charge in [-0.05, 0) is 116 Å². The van der Waals surface area contributed by atoms with Crippen LogP contribution >= 0.6 is 0 Å². The summed E-state index contributed by atoms with van der Waals surface area (Å²) in [6.45, 7) is 6.65. The Hall–Kier alpha value is -3.15. The average Bonchev–Trinajstić information content (AvgIpc) is 3.47. The minimum Gasteiger partial charge on any atom is -0.462 e. The van der Waals surface area contributed by atoms with Crippen molar-refractivity contribution in [3.05, 3.63) is 72.9 Å². The van der Waals surface area contributed by atoms with Crippen LogP contribution in [-0.4, -0.2) is 37.2 Å². The highest BCUT2D eigenvalue weighted by molar-refractivity contribution is 5.71. The lowest BCUT2D eigenvalue weighted by molar-refractivity contribution is -0.167. The minimum atomic E-state index is -0.782. The number of esters is 3. The molecule has 6 nitrogen and oxygen atoms in total. The van der Waals surface area contributed by atoms with Gasteiger partial charge in [-0.15, -0.1) is 0 Å². The highest BCUT2D eigenvalue weighted by atomic mass is 16.6. The number of carbonyl (C=O) groups is 3. The van der Waals surface area contributed by atoms with Gasteiger partial charge in [0, 0.05) is 19.3 Å². The zero-order chi connectivity index (χ0) is 59.2. The molecule has 0 N–H and O–H groups in total. The molecule has 0 fully saturated rings. The van der Waals surface area contributed by atoms with Crippen molar-refractivity contribution < 1.29 is 28.6 Å². The number of ether oxygens (including phenoxy) is 3. The second-order valence-electron chi connectivity index (χ2n) is 24.1. The Morgan fingerprint density at radius 2 is 0.439 bits per heavy atom. The average molecular weight is 1150 g/mol. The van der Waals surface area contributed by atoms with E-state index in [2.05, 4.69) is 93.7 Å². The van der Waals surface area contributed by atoms with Gasteiger partial charge in [0.1, 0.15) is 13.2 Å². The van der Waals surface area contributed by atoms with E-state index in [1.54, 1.807) is 0 Å². The van der Waals surface area contributed by atoms with Crippen LogP contribution in [0.25, 0.3) is 0 Å². The third-order valence-corrected chi connectivity index (χ3v) is 15.9. The predicted octanol–water partition coefficient (Wildman–Crippen LogP) is 24.8. The van der Waals surface area contributed by atoms with Crippen molar-refractivity contribution in [3.63, 3.8) is 0 Å². The molecule has 0 heterocycles. The maximum atomic E-state index is 13.0. The van der Waals surface area contributed by atoms with Crippen LogP contribution < -0.4 is 0 Å². The SMILES string of the molecule is CCCCCC/C=C\C/C=C\CCCCCCCCCC(=O)OCC(COC(=O)CCCCCCCCCCCCCC/C=C\C/C=C\C/C=C\CCCCCCC)OC(=O)CCCCCCCCCCC/C=C\CCCCCCCC. The van der Waals surface area contributed by atoms with Gasteiger partial charge >= 0.3 is 17.9 Å². The Morgan fingerprint density at radius 1 is 0.244 bits per heavy atom. The summed E-state index contributed by atoms with van der Waals surface area (Å²) in [5.74, 6) is -0.868. The highest BCUT2D eigenvalue weighted by Crippen LogP contribution is 2.17. The predicted molar refractivity (Wildman–Crippen MR) is 358 cm³/mol. The zero-order valence-electron chi connectivity index (χ0n) is 54.8. The van der Waals surface area contributed by atoms with Crippen LogP contribution in [0.3, 0.4) is 0 Å². The van der Waals surface area contributed by atoms with E-state index in [0.717, 1.165) is 83.5 Å². The zero-order valence-corrected chi connectivity index (χ0v) is 54.8. The molecular weight excluding hydrogens is 1010 g/mol. The Labute approximate surface area is 510 Å². The van der Waals surface area contributed by atoms with E-state index < -0.39 is 6.10 Å². The highest BCUT2D eigenvalue weighted by Gasteiger charge is 2.19. The van der Waals surface area contributed by atoms with Crippen molar-refractivity contribution >= 4 is 17.9 Å². The Kier molecular flexibility index (Phi) is 67.6. The number of hydrogen-bond donors (Lipinski definition) is 0. The second kappa shape index (κ2) is 70.3. The fourth-order valence-corrected chi connectivity index (χ4v) is 10.5. The van der Waals surface area contributed by atoms with Crippen LogP contribution in [0.4, 0.5) is 0 Å². The van der Waals surface area contributed by atoms with Gasteiger partial charge in [0.2, 0.25) is 0 Å². The van der Waals surface area contributed by atoms with Crippen LogP contribution in [0.5, 0.6) is 0 Å². The largest absolute Gasteiger partial charge is 0.462 e. The van der Waals surface area contributed by atoms with E-state index in [4.69, 9.17) is 14.2 Å². The van der Waals surface area contributed by atoms with E-state index in [9.17, 15) is 14.4 Å². The molecule has 0 aliphatic heterocycles. The second-order valence-corrected chi connectivity index (χ2v) is 24.1. The van der Waals surface area contributed by atoms with Gasteiger partial charge in [0.25, 0.3) is 0 Å². The maximum absolute atomic E-state index is 13.0. The number of allylic oxidation sites excluding steroid dienone is 12. The van der Waals surface area contributed by atoms with Crippen molar-refractivity contribution in [2.24, 2.45) is 0 Å². The van der Waals surface area contributed by atoms with Crippen molar-refractivity contribution in [2.75, 3.05) is 13.2 Å². The molecule has 1 atom stereocenters. The molecule has 0 spiro atoms. The summed E-state index contributed by atoms with van der Waals surface area (Å²) >= 11 is 0. The van der Waals surface area contributed by atoms with Gasteiger partial charge in [-0.1, -0.05) is 312 Å². The van der Waals surface area contributed by atoms with Crippen LogP contribution in [0.2, 0.25) is 0 Å². The standard InChI is InChI=1S/C76H136O6/c1-4-7-10-13-16-19-22-25-28-31-34-35-36-37-38-39-40-41-43-45-48-51-54-57-60-63-66-69-75(78)81-72-73(71-80-74(77)68-65-62-59-56-53-50-47-44-33-30-27-24-21-18-15-12-9-6-3)82-76(79)70-67-64-61-58-55-52-49-46-42-32-29-26-23-20-17-14-11-8-5-2/h21-22,24-26,29-31,33-34,36-37,73H,4-20,23,27-28,32,35,38-72H2,1-3H3/b24-21-,25-22-,29-26-,33-30-,34-31-,37-36-. The van der Waals surface area contributed by atoms with Crippen LogP contribution in [-0.2, 0) is 28.6 Å². The lowest BCUT2D eigenvalue weighted by atomic mass is 10.0. The molecule has 0 radical (unpaired) electrons. The molecule has 0 aliphatic rings. The van der Waals surface area contributed by atoms with Gasteiger partial charge in [-0.25, -0.2) is 0 Å². The first kappa shape index (κ1) is 78.8. The molecule has 0 rings (SSSR count). The minimum absolute atomic E-state index is 0.0773. The molecule has 0 saturated carbocycles. The molecule has 0 aliphatic carbocycles. The monoisotopic (exact) mass is 1150 g/mol. The van der Waals surface area contributed by atoms with Crippen LogP contribution in [0, 0.1) is 0 Å². The van der Waals surface area contributed by atoms with Crippen LogP contribution in [0.15, 0.2) is 72.9 Å². The molecule has 0 saturated heterocycles. The molecule has 0 aromatic carbocycles. The van der Waals surface area contributed by atoms with E-state index >= 15 is 0 Å². The lowest BCUT2D eigenvalue weighted by Gasteiger charge is -2.18. The Morgan fingerprint density at radius 3 is 0.707 bits per heavy atom. The quantitative estimate of drug-likeness (QED) is 0.0261. The van der Waals surface area contributed by atoms with E-state index in [1.165, 1.54) is 250 Å². The number of hydrogen-bond acceptors (Lipinski definition) is 6. The first-order chi connectivity index (χ1) is 40.5. The molecule has 0 bridgehead atoms. The topological polar surface area (TPSA) is 78.9 Å². The molecule has 6 heteroatoms. The molecule has 0 aromatic heterocycles. The van der Waals surface area contributed by atoms with Gasteiger partial charge < -0.3 is 14.2 Å². The van der Waals surface area contributed by atoms with Crippen molar-refractivity contribution in [2.45, 2.75) is 380 Å². The third-order valence-electron chi connectivity index (χ3n) is 15.9. The van der Waals surface area contributed by atoms with E-state index in [-0.39, 0.29) is 31.1 Å². The molecule has 82 heavy (non-hydrogen) atoms. The first-order valence-electron chi connectivity index (χ1n) is 35.9. The van der Waals surface area contributed by atoms with Gasteiger partial charge in [-0.3, -0.25) is 14.4 Å². The summed E-state index contributed by atoms with van der Waals surface area (Å²) in [7, 11) is 0. The Balaban J connectivity index is 4.33. The Bertz CT molecular complexity index is 1500. The lowest BCUT2D eigenvalue weighted by Crippen LogP contribution is -2.30.